The molecule has 2 aromatic heterocycles. The number of esters is 1. The minimum Gasteiger partial charge on any atom is -0.469 e. The van der Waals surface area contributed by atoms with E-state index in [2.05, 4.69) is 10.2 Å². The molecule has 0 saturated heterocycles. The fraction of sp³-hybridized carbons (Fsp3) is 0.316. The first-order chi connectivity index (χ1) is 12.6. The third-order valence-electron chi connectivity index (χ3n) is 3.81. The minimum absolute atomic E-state index is 0.250. The molecule has 7 heteroatoms. The normalized spacial score (nSPS) is 12.1. The number of rotatable bonds is 7. The first-order valence-corrected chi connectivity index (χ1v) is 9.38. The van der Waals surface area contributed by atoms with Crippen LogP contribution in [-0.4, -0.2) is 32.6 Å². The zero-order chi connectivity index (χ0) is 18.5. The Kier molecular flexibility index (Phi) is 5.78. The summed E-state index contributed by atoms with van der Waals surface area (Å²) in [5.41, 5.74) is 1.79. The second-order valence-electron chi connectivity index (χ2n) is 5.80. The predicted octanol–water partition coefficient (Wildman–Crippen LogP) is 4.27. The van der Waals surface area contributed by atoms with Crippen molar-refractivity contribution >= 4 is 17.7 Å². The molecule has 0 bridgehead atoms. The number of para-hydroxylation sites is 1. The molecule has 1 atom stereocenters. The van der Waals surface area contributed by atoms with E-state index in [1.807, 2.05) is 61.7 Å². The highest BCUT2D eigenvalue weighted by atomic mass is 32.2. The van der Waals surface area contributed by atoms with Crippen LogP contribution in [0.2, 0.25) is 0 Å². The van der Waals surface area contributed by atoms with Gasteiger partial charge in [-0.3, -0.25) is 9.36 Å². The molecule has 3 rings (SSSR count). The number of carbonyl (C=O) groups is 1. The lowest BCUT2D eigenvalue weighted by Crippen LogP contribution is -2.18. The van der Waals surface area contributed by atoms with E-state index in [4.69, 9.17) is 9.15 Å². The van der Waals surface area contributed by atoms with E-state index in [-0.39, 0.29) is 11.2 Å². The second-order valence-corrected chi connectivity index (χ2v) is 7.10. The number of furan rings is 1. The molecule has 0 saturated carbocycles. The van der Waals surface area contributed by atoms with Crippen LogP contribution in [0.5, 0.6) is 0 Å². The average Bonchev–Trinajstić information content (AvgIpc) is 3.26. The van der Waals surface area contributed by atoms with E-state index >= 15 is 0 Å². The number of hydrogen-bond donors (Lipinski definition) is 0. The quantitative estimate of drug-likeness (QED) is 0.456. The van der Waals surface area contributed by atoms with Crippen molar-refractivity contribution in [1.82, 2.24) is 14.8 Å². The van der Waals surface area contributed by atoms with Crippen molar-refractivity contribution in [1.29, 1.82) is 0 Å². The van der Waals surface area contributed by atoms with Gasteiger partial charge in [0.1, 0.15) is 11.0 Å². The van der Waals surface area contributed by atoms with Crippen LogP contribution >= 0.6 is 11.8 Å². The molecular weight excluding hydrogens is 350 g/mol. The van der Waals surface area contributed by atoms with Gasteiger partial charge in [-0.05, 0) is 38.5 Å². The maximum absolute atomic E-state index is 12.1. The van der Waals surface area contributed by atoms with Gasteiger partial charge in [0.15, 0.2) is 11.0 Å². The van der Waals surface area contributed by atoms with Crippen LogP contribution in [0.4, 0.5) is 0 Å². The van der Waals surface area contributed by atoms with E-state index in [9.17, 15) is 4.79 Å². The lowest BCUT2D eigenvalue weighted by atomic mass is 10.2. The summed E-state index contributed by atoms with van der Waals surface area (Å²) in [6.07, 6.45) is 2.43. The van der Waals surface area contributed by atoms with Gasteiger partial charge in [-0.15, -0.1) is 10.2 Å². The molecule has 26 heavy (non-hydrogen) atoms. The molecular formula is C19H21N3O3S. The van der Waals surface area contributed by atoms with Gasteiger partial charge in [0.05, 0.1) is 18.4 Å². The highest BCUT2D eigenvalue weighted by Gasteiger charge is 2.23. The average molecular weight is 371 g/mol. The molecule has 0 aliphatic heterocycles. The predicted molar refractivity (Wildman–Crippen MR) is 100 cm³/mol. The molecule has 0 fully saturated rings. The van der Waals surface area contributed by atoms with Gasteiger partial charge in [-0.1, -0.05) is 36.9 Å². The summed E-state index contributed by atoms with van der Waals surface area (Å²) in [6, 6.07) is 11.7. The lowest BCUT2D eigenvalue weighted by Gasteiger charge is -2.13. The van der Waals surface area contributed by atoms with Crippen molar-refractivity contribution in [3.63, 3.8) is 0 Å². The first kappa shape index (κ1) is 18.3. The minimum atomic E-state index is -0.383. The van der Waals surface area contributed by atoms with Crippen molar-refractivity contribution in [2.45, 2.75) is 37.6 Å². The summed E-state index contributed by atoms with van der Waals surface area (Å²) in [5, 5.41) is 8.92. The van der Waals surface area contributed by atoms with E-state index < -0.39 is 0 Å². The van der Waals surface area contributed by atoms with Crippen molar-refractivity contribution < 1.29 is 13.9 Å². The van der Waals surface area contributed by atoms with Crippen LogP contribution in [0, 0.1) is 6.92 Å². The number of hydrogen-bond acceptors (Lipinski definition) is 6. The van der Waals surface area contributed by atoms with Crippen LogP contribution < -0.4 is 0 Å². The summed E-state index contributed by atoms with van der Waals surface area (Å²) in [4.78, 5) is 12.1. The fourth-order valence-corrected chi connectivity index (χ4v) is 3.34. The number of benzene rings is 1. The van der Waals surface area contributed by atoms with Gasteiger partial charge >= 0.3 is 5.97 Å². The van der Waals surface area contributed by atoms with E-state index in [0.29, 0.717) is 17.6 Å². The van der Waals surface area contributed by atoms with Gasteiger partial charge in [0, 0.05) is 5.69 Å². The summed E-state index contributed by atoms with van der Waals surface area (Å²) in [7, 11) is 0. The third-order valence-corrected chi connectivity index (χ3v) is 4.83. The molecule has 0 N–H and O–H groups in total. The number of aryl methyl sites for hydroxylation is 1. The number of carbonyl (C=O) groups excluding carboxylic acids is 1. The van der Waals surface area contributed by atoms with Crippen molar-refractivity contribution in [2.24, 2.45) is 0 Å². The molecule has 1 aromatic carbocycles. The number of nitrogens with zero attached hydrogens (tertiary/aromatic N) is 3. The Morgan fingerprint density at radius 1 is 1.27 bits per heavy atom. The Balaban J connectivity index is 1.97. The molecule has 0 aliphatic carbocycles. The van der Waals surface area contributed by atoms with Crippen molar-refractivity contribution in [3.8, 4) is 17.1 Å². The molecule has 0 aliphatic rings. The maximum atomic E-state index is 12.1. The highest BCUT2D eigenvalue weighted by molar-refractivity contribution is 8.00. The first-order valence-electron chi connectivity index (χ1n) is 8.50. The van der Waals surface area contributed by atoms with Crippen LogP contribution in [0.15, 0.2) is 52.2 Å². The number of aromatic nitrogens is 3. The molecule has 2 heterocycles. The van der Waals surface area contributed by atoms with Gasteiger partial charge in [0.2, 0.25) is 0 Å². The standard InChI is InChI=1S/C19H21N3O3S/c1-4-11-25-18(23)14(3)26-19-21-20-17(16-10-12-24-13(16)2)22(19)15-8-6-5-7-9-15/h5-10,12,14H,4,11H2,1-3H3. The number of thioether (sulfide) groups is 1. The van der Waals surface area contributed by atoms with Crippen molar-refractivity contribution in [3.05, 3.63) is 48.4 Å². The topological polar surface area (TPSA) is 70.2 Å². The molecule has 136 valence electrons. The Morgan fingerprint density at radius 3 is 2.69 bits per heavy atom. The maximum Gasteiger partial charge on any atom is 0.319 e. The van der Waals surface area contributed by atoms with E-state index in [1.54, 1.807) is 6.26 Å². The molecule has 0 spiro atoms. The Bertz CT molecular complexity index is 873. The van der Waals surface area contributed by atoms with Crippen LogP contribution in [0.3, 0.4) is 0 Å². The van der Waals surface area contributed by atoms with Crippen LogP contribution in [0.1, 0.15) is 26.0 Å². The lowest BCUT2D eigenvalue weighted by molar-refractivity contribution is -0.142. The van der Waals surface area contributed by atoms with Crippen LogP contribution in [0.25, 0.3) is 17.1 Å². The molecule has 1 unspecified atom stereocenters. The highest BCUT2D eigenvalue weighted by Crippen LogP contribution is 2.32. The zero-order valence-electron chi connectivity index (χ0n) is 15.0. The van der Waals surface area contributed by atoms with Gasteiger partial charge < -0.3 is 9.15 Å². The zero-order valence-corrected chi connectivity index (χ0v) is 15.8. The third kappa shape index (κ3) is 3.83. The van der Waals surface area contributed by atoms with Gasteiger partial charge in [0.25, 0.3) is 0 Å². The molecule has 0 radical (unpaired) electrons. The molecule has 3 aromatic rings. The van der Waals surface area contributed by atoms with Gasteiger partial charge in [-0.25, -0.2) is 0 Å². The Labute approximate surface area is 156 Å². The van der Waals surface area contributed by atoms with Crippen molar-refractivity contribution in [2.75, 3.05) is 6.61 Å². The molecule has 6 nitrogen and oxygen atoms in total. The van der Waals surface area contributed by atoms with Gasteiger partial charge in [-0.2, -0.15) is 0 Å². The fourth-order valence-electron chi connectivity index (χ4n) is 2.47. The van der Waals surface area contributed by atoms with E-state index in [0.717, 1.165) is 23.4 Å². The smallest absolute Gasteiger partial charge is 0.319 e. The Hall–Kier alpha value is -2.54. The second kappa shape index (κ2) is 8.23. The number of ether oxygens (including phenoxy) is 1. The van der Waals surface area contributed by atoms with Crippen LogP contribution in [-0.2, 0) is 9.53 Å². The van der Waals surface area contributed by atoms with E-state index in [1.165, 1.54) is 11.8 Å². The molecule has 0 amide bonds. The Morgan fingerprint density at radius 2 is 2.04 bits per heavy atom. The largest absolute Gasteiger partial charge is 0.469 e. The SMILES string of the molecule is CCCOC(=O)C(C)Sc1nnc(-c2ccoc2C)n1-c1ccccc1. The summed E-state index contributed by atoms with van der Waals surface area (Å²) in [5.74, 6) is 1.20. The monoisotopic (exact) mass is 371 g/mol. The summed E-state index contributed by atoms with van der Waals surface area (Å²) in [6.45, 7) is 6.09. The summed E-state index contributed by atoms with van der Waals surface area (Å²) >= 11 is 1.33. The summed E-state index contributed by atoms with van der Waals surface area (Å²) < 4.78 is 12.6.